The van der Waals surface area contributed by atoms with Crippen LogP contribution < -0.4 is 10.5 Å². The third-order valence-corrected chi connectivity index (χ3v) is 2.23. The molecule has 2 N–H and O–H groups in total. The Kier molecular flexibility index (Phi) is 5.86. The molecule has 0 radical (unpaired) electrons. The van der Waals surface area contributed by atoms with Gasteiger partial charge in [-0.3, -0.25) is 0 Å². The molecule has 1 aromatic rings. The predicted molar refractivity (Wildman–Crippen MR) is 61.1 cm³/mol. The molecule has 0 aromatic heterocycles. The van der Waals surface area contributed by atoms with Crippen molar-refractivity contribution in [3.63, 3.8) is 0 Å². The number of halogens is 2. The second-order valence-electron chi connectivity index (χ2n) is 3.62. The van der Waals surface area contributed by atoms with E-state index in [0.717, 1.165) is 0 Å². The molecule has 0 amide bonds. The van der Waals surface area contributed by atoms with Crippen molar-refractivity contribution in [2.45, 2.75) is 12.8 Å². The van der Waals surface area contributed by atoms with Gasteiger partial charge in [-0.15, -0.1) is 0 Å². The van der Waals surface area contributed by atoms with E-state index in [-0.39, 0.29) is 12.4 Å². The number of methoxy groups -OCH3 is 1. The van der Waals surface area contributed by atoms with E-state index in [1.807, 2.05) is 0 Å². The molecule has 0 aliphatic heterocycles. The van der Waals surface area contributed by atoms with Crippen LogP contribution in [0.3, 0.4) is 0 Å². The van der Waals surface area contributed by atoms with Crippen molar-refractivity contribution in [3.8, 4) is 5.75 Å². The summed E-state index contributed by atoms with van der Waals surface area (Å²) in [6.45, 7) is 1.07. The third kappa shape index (κ3) is 4.28. The summed E-state index contributed by atoms with van der Waals surface area (Å²) in [5.74, 6) is -1.71. The van der Waals surface area contributed by atoms with Crippen molar-refractivity contribution in [1.29, 1.82) is 0 Å². The fraction of sp³-hybridized carbons (Fsp3) is 0.500. The lowest BCUT2D eigenvalue weighted by atomic mass is 10.1. The Morgan fingerprint density at radius 2 is 1.82 bits per heavy atom. The Hall–Kier alpha value is -1.20. The van der Waals surface area contributed by atoms with E-state index in [2.05, 4.69) is 0 Å². The van der Waals surface area contributed by atoms with Crippen LogP contribution in [-0.4, -0.2) is 26.9 Å². The summed E-state index contributed by atoms with van der Waals surface area (Å²) in [5.41, 5.74) is 5.86. The molecule has 0 aliphatic rings. The molecule has 17 heavy (non-hydrogen) atoms. The fourth-order valence-corrected chi connectivity index (χ4v) is 1.44. The first-order valence-electron chi connectivity index (χ1n) is 5.48. The summed E-state index contributed by atoms with van der Waals surface area (Å²) in [4.78, 5) is 0. The smallest absolute Gasteiger partial charge is 0.190 e. The summed E-state index contributed by atoms with van der Waals surface area (Å²) in [6.07, 6.45) is 1.03. The van der Waals surface area contributed by atoms with Gasteiger partial charge >= 0.3 is 0 Å². The SMILES string of the molecule is COCCCOc1c(F)cc(CCN)cc1F. The highest BCUT2D eigenvalue weighted by Crippen LogP contribution is 2.23. The lowest BCUT2D eigenvalue weighted by Crippen LogP contribution is -2.07. The fourth-order valence-electron chi connectivity index (χ4n) is 1.44. The quantitative estimate of drug-likeness (QED) is 0.746. The van der Waals surface area contributed by atoms with Crippen molar-refractivity contribution in [2.75, 3.05) is 26.9 Å². The van der Waals surface area contributed by atoms with Crippen molar-refractivity contribution >= 4 is 0 Å². The lowest BCUT2D eigenvalue weighted by molar-refractivity contribution is 0.168. The molecule has 1 aromatic carbocycles. The van der Waals surface area contributed by atoms with Crippen LogP contribution in [-0.2, 0) is 11.2 Å². The van der Waals surface area contributed by atoms with E-state index in [1.165, 1.54) is 12.1 Å². The molecule has 0 spiro atoms. The van der Waals surface area contributed by atoms with Crippen LogP contribution in [0.5, 0.6) is 5.75 Å². The van der Waals surface area contributed by atoms with Gasteiger partial charge in [-0.2, -0.15) is 0 Å². The Labute approximate surface area is 99.5 Å². The molecule has 5 heteroatoms. The summed E-state index contributed by atoms with van der Waals surface area (Å²) in [6, 6.07) is 2.50. The van der Waals surface area contributed by atoms with E-state index < -0.39 is 11.6 Å². The minimum Gasteiger partial charge on any atom is -0.488 e. The molecule has 0 saturated carbocycles. The highest BCUT2D eigenvalue weighted by molar-refractivity contribution is 5.31. The van der Waals surface area contributed by atoms with Crippen LogP contribution in [0, 0.1) is 11.6 Å². The predicted octanol–water partition coefficient (Wildman–Crippen LogP) is 1.88. The maximum absolute atomic E-state index is 13.5. The van der Waals surface area contributed by atoms with Crippen LogP contribution >= 0.6 is 0 Å². The van der Waals surface area contributed by atoms with Crippen LogP contribution in [0.4, 0.5) is 8.78 Å². The van der Waals surface area contributed by atoms with Gasteiger partial charge in [-0.25, -0.2) is 8.78 Å². The van der Waals surface area contributed by atoms with Gasteiger partial charge in [0, 0.05) is 20.1 Å². The monoisotopic (exact) mass is 245 g/mol. The highest BCUT2D eigenvalue weighted by atomic mass is 19.1. The van der Waals surface area contributed by atoms with Crippen molar-refractivity contribution in [3.05, 3.63) is 29.3 Å². The summed E-state index contributed by atoms with van der Waals surface area (Å²) >= 11 is 0. The van der Waals surface area contributed by atoms with Gasteiger partial charge in [-0.1, -0.05) is 0 Å². The maximum Gasteiger partial charge on any atom is 0.190 e. The molecular weight excluding hydrogens is 228 g/mol. The number of hydrogen-bond acceptors (Lipinski definition) is 3. The topological polar surface area (TPSA) is 44.5 Å². The molecule has 96 valence electrons. The molecule has 3 nitrogen and oxygen atoms in total. The zero-order chi connectivity index (χ0) is 12.7. The largest absolute Gasteiger partial charge is 0.488 e. The van der Waals surface area contributed by atoms with Gasteiger partial charge in [0.05, 0.1) is 6.61 Å². The molecule has 0 unspecified atom stereocenters. The highest BCUT2D eigenvalue weighted by Gasteiger charge is 2.12. The Morgan fingerprint density at radius 1 is 1.18 bits per heavy atom. The standard InChI is InChI=1S/C12H17F2NO2/c1-16-5-2-6-17-12-10(13)7-9(3-4-15)8-11(12)14/h7-8H,2-6,15H2,1H3. The molecule has 0 saturated heterocycles. The molecule has 0 bridgehead atoms. The number of nitrogens with two attached hydrogens (primary N) is 1. The van der Waals surface area contributed by atoms with Crippen molar-refractivity contribution < 1.29 is 18.3 Å². The lowest BCUT2D eigenvalue weighted by Gasteiger charge is -2.09. The normalized spacial score (nSPS) is 10.6. The maximum atomic E-state index is 13.5. The number of benzene rings is 1. The van der Waals surface area contributed by atoms with Crippen molar-refractivity contribution in [1.82, 2.24) is 0 Å². The minimum atomic E-state index is -0.689. The second-order valence-corrected chi connectivity index (χ2v) is 3.62. The van der Waals surface area contributed by atoms with Crippen LogP contribution in [0.1, 0.15) is 12.0 Å². The van der Waals surface area contributed by atoms with Gasteiger partial charge in [-0.05, 0) is 30.7 Å². The number of hydrogen-bond donors (Lipinski definition) is 1. The first-order chi connectivity index (χ1) is 8.19. The van der Waals surface area contributed by atoms with Gasteiger partial charge in [0.1, 0.15) is 0 Å². The van der Waals surface area contributed by atoms with E-state index in [4.69, 9.17) is 15.2 Å². The first kappa shape index (κ1) is 13.9. The Balaban J connectivity index is 2.65. The minimum absolute atomic E-state index is 0.220. The van der Waals surface area contributed by atoms with E-state index in [1.54, 1.807) is 7.11 Å². The molecular formula is C12H17F2NO2. The number of rotatable bonds is 7. The zero-order valence-electron chi connectivity index (χ0n) is 9.84. The molecule has 0 fully saturated rings. The van der Waals surface area contributed by atoms with Gasteiger partial charge < -0.3 is 15.2 Å². The molecule has 0 atom stereocenters. The average Bonchev–Trinajstić information content (AvgIpc) is 2.27. The van der Waals surface area contributed by atoms with E-state index in [9.17, 15) is 8.78 Å². The summed E-state index contributed by atoms with van der Waals surface area (Å²) < 4.78 is 36.9. The van der Waals surface area contributed by atoms with Gasteiger partial charge in [0.2, 0.25) is 0 Å². The Morgan fingerprint density at radius 3 is 2.35 bits per heavy atom. The van der Waals surface area contributed by atoms with Crippen LogP contribution in [0.2, 0.25) is 0 Å². The third-order valence-electron chi connectivity index (χ3n) is 2.23. The van der Waals surface area contributed by atoms with Crippen molar-refractivity contribution in [2.24, 2.45) is 5.73 Å². The molecule has 0 aliphatic carbocycles. The molecule has 1 rings (SSSR count). The van der Waals surface area contributed by atoms with Crippen LogP contribution in [0.25, 0.3) is 0 Å². The van der Waals surface area contributed by atoms with Crippen LogP contribution in [0.15, 0.2) is 12.1 Å². The average molecular weight is 245 g/mol. The van der Waals surface area contributed by atoms with Gasteiger partial charge in [0.15, 0.2) is 17.4 Å². The first-order valence-corrected chi connectivity index (χ1v) is 5.48. The van der Waals surface area contributed by atoms with E-state index in [0.29, 0.717) is 31.6 Å². The van der Waals surface area contributed by atoms with Gasteiger partial charge in [0.25, 0.3) is 0 Å². The molecule has 0 heterocycles. The zero-order valence-corrected chi connectivity index (χ0v) is 9.84. The second kappa shape index (κ2) is 7.19. The Bertz CT molecular complexity index is 335. The van der Waals surface area contributed by atoms with E-state index >= 15 is 0 Å². The number of ether oxygens (including phenoxy) is 2. The summed E-state index contributed by atoms with van der Waals surface area (Å²) in [5, 5.41) is 0. The summed E-state index contributed by atoms with van der Waals surface area (Å²) in [7, 11) is 1.56.